The molecule has 7 heteroatoms. The highest BCUT2D eigenvalue weighted by atomic mass is 19.4. The average molecular weight is 507 g/mol. The van der Waals surface area contributed by atoms with Gasteiger partial charge in [0.25, 0.3) is 0 Å². The van der Waals surface area contributed by atoms with E-state index in [0.717, 1.165) is 42.9 Å². The van der Waals surface area contributed by atoms with Gasteiger partial charge in [-0.1, -0.05) is 27.2 Å². The van der Waals surface area contributed by atoms with Crippen LogP contribution in [0, 0.1) is 46.3 Å². The maximum atomic E-state index is 13.5. The second-order valence-electron chi connectivity index (χ2n) is 12.8. The summed E-state index contributed by atoms with van der Waals surface area (Å²) < 4.78 is 41.9. The van der Waals surface area contributed by atoms with Crippen molar-refractivity contribution in [2.45, 2.75) is 84.9 Å². The molecular formula is C29H41F3N2O2. The zero-order valence-corrected chi connectivity index (χ0v) is 21.8. The number of fused-ring (bicyclic) bond motifs is 5. The van der Waals surface area contributed by atoms with Crippen molar-refractivity contribution < 1.29 is 22.7 Å². The third-order valence-corrected chi connectivity index (χ3v) is 11.0. The number of halogens is 3. The van der Waals surface area contributed by atoms with Crippen LogP contribution in [-0.2, 0) is 4.79 Å². The summed E-state index contributed by atoms with van der Waals surface area (Å²) in [5.41, 5.74) is 7.02. The molecule has 0 radical (unpaired) electrons. The van der Waals surface area contributed by atoms with Crippen LogP contribution >= 0.6 is 0 Å². The fourth-order valence-electron chi connectivity index (χ4n) is 9.19. The Bertz CT molecular complexity index is 997. The lowest BCUT2D eigenvalue weighted by atomic mass is 9.44. The number of nitrogens with one attached hydrogen (secondary N) is 1. The van der Waals surface area contributed by atoms with Gasteiger partial charge in [0.2, 0.25) is 0 Å². The number of ketones is 1. The monoisotopic (exact) mass is 506 g/mol. The van der Waals surface area contributed by atoms with Gasteiger partial charge in [-0.2, -0.15) is 0 Å². The minimum absolute atomic E-state index is 0.0105. The van der Waals surface area contributed by atoms with Gasteiger partial charge in [-0.05, 0) is 104 Å². The number of rotatable bonds is 5. The number of benzene rings is 1. The van der Waals surface area contributed by atoms with Gasteiger partial charge >= 0.3 is 6.36 Å². The summed E-state index contributed by atoms with van der Waals surface area (Å²) in [4.78, 5) is 13.5. The number of carbonyl (C=O) groups is 1. The lowest BCUT2D eigenvalue weighted by Gasteiger charge is -2.61. The van der Waals surface area contributed by atoms with Gasteiger partial charge in [0.15, 0.2) is 5.78 Å². The van der Waals surface area contributed by atoms with Crippen molar-refractivity contribution in [3.63, 3.8) is 0 Å². The molecule has 5 rings (SSSR count). The molecule has 4 fully saturated rings. The number of ether oxygens (including phenoxy) is 1. The summed E-state index contributed by atoms with van der Waals surface area (Å²) >= 11 is 0. The summed E-state index contributed by atoms with van der Waals surface area (Å²) in [6, 6.07) is 3.76. The van der Waals surface area contributed by atoms with E-state index < -0.39 is 6.36 Å². The third-order valence-electron chi connectivity index (χ3n) is 11.0. The quantitative estimate of drug-likeness (QED) is 0.407. The number of nitrogen functional groups attached to an aromatic ring is 1. The Morgan fingerprint density at radius 1 is 1.06 bits per heavy atom. The van der Waals surface area contributed by atoms with E-state index in [2.05, 4.69) is 30.8 Å². The Balaban J connectivity index is 1.26. The molecule has 1 aromatic rings. The van der Waals surface area contributed by atoms with Crippen molar-refractivity contribution in [1.82, 2.24) is 0 Å². The van der Waals surface area contributed by atoms with E-state index in [1.165, 1.54) is 56.7 Å². The lowest BCUT2D eigenvalue weighted by molar-refractivity contribution is -0.274. The molecule has 3 N–H and O–H groups in total. The van der Waals surface area contributed by atoms with Gasteiger partial charge < -0.3 is 15.8 Å². The van der Waals surface area contributed by atoms with E-state index in [0.29, 0.717) is 22.7 Å². The highest BCUT2D eigenvalue weighted by Gasteiger charge is 2.60. The first-order valence-corrected chi connectivity index (χ1v) is 13.8. The van der Waals surface area contributed by atoms with E-state index in [9.17, 15) is 18.0 Å². The second-order valence-corrected chi connectivity index (χ2v) is 12.8. The molecule has 8 unspecified atom stereocenters. The van der Waals surface area contributed by atoms with Crippen molar-refractivity contribution in [3.8, 4) is 5.75 Å². The predicted octanol–water partition coefficient (Wildman–Crippen LogP) is 7.44. The van der Waals surface area contributed by atoms with Crippen LogP contribution in [0.4, 0.5) is 24.5 Å². The molecule has 4 saturated carbocycles. The van der Waals surface area contributed by atoms with Gasteiger partial charge in [-0.25, -0.2) is 0 Å². The van der Waals surface area contributed by atoms with E-state index in [1.807, 2.05) is 0 Å². The van der Waals surface area contributed by atoms with Crippen LogP contribution in [0.2, 0.25) is 0 Å². The van der Waals surface area contributed by atoms with Gasteiger partial charge in [0, 0.05) is 12.0 Å². The van der Waals surface area contributed by atoms with E-state index in [4.69, 9.17) is 5.73 Å². The molecule has 1 aromatic carbocycles. The largest absolute Gasteiger partial charge is 0.573 e. The molecule has 0 spiro atoms. The van der Waals surface area contributed by atoms with Crippen LogP contribution in [-0.4, -0.2) is 18.7 Å². The summed E-state index contributed by atoms with van der Waals surface area (Å²) in [6.07, 6.45) is 6.30. The van der Waals surface area contributed by atoms with Crippen LogP contribution in [0.15, 0.2) is 18.2 Å². The number of hydrogen-bond acceptors (Lipinski definition) is 4. The first kappa shape index (κ1) is 25.7. The Morgan fingerprint density at radius 2 is 1.78 bits per heavy atom. The Labute approximate surface area is 212 Å². The number of anilines is 2. The van der Waals surface area contributed by atoms with Crippen LogP contribution in [0.5, 0.6) is 5.75 Å². The van der Waals surface area contributed by atoms with Crippen LogP contribution in [0.3, 0.4) is 0 Å². The normalized spacial score (nSPS) is 40.1. The zero-order valence-electron chi connectivity index (χ0n) is 21.8. The molecule has 0 saturated heterocycles. The smallest absolute Gasteiger partial charge is 0.406 e. The summed E-state index contributed by atoms with van der Waals surface area (Å²) in [5.74, 6) is 3.59. The maximum Gasteiger partial charge on any atom is 0.573 e. The summed E-state index contributed by atoms with van der Waals surface area (Å²) in [5, 5.41) is 3.01. The Kier molecular flexibility index (Phi) is 6.52. The maximum absolute atomic E-state index is 13.5. The number of nitrogens with two attached hydrogens (primary N) is 1. The van der Waals surface area contributed by atoms with E-state index in [-0.39, 0.29) is 29.4 Å². The van der Waals surface area contributed by atoms with E-state index >= 15 is 0 Å². The van der Waals surface area contributed by atoms with Crippen molar-refractivity contribution >= 4 is 17.2 Å². The van der Waals surface area contributed by atoms with Gasteiger partial charge in [-0.15, -0.1) is 13.2 Å². The SMILES string of the molecule is CC1CCC2(C)C(CCC3C2CCC2(C)C(C(=O)CNc4cc(OC(F)(F)F)ccc4N)CCC32)C1. The average Bonchev–Trinajstić information content (AvgIpc) is 3.16. The molecule has 8 atom stereocenters. The van der Waals surface area contributed by atoms with Gasteiger partial charge in [0.1, 0.15) is 5.75 Å². The first-order chi connectivity index (χ1) is 16.9. The van der Waals surface area contributed by atoms with Crippen molar-refractivity contribution in [2.75, 3.05) is 17.6 Å². The predicted molar refractivity (Wildman–Crippen MR) is 135 cm³/mol. The van der Waals surface area contributed by atoms with Crippen molar-refractivity contribution in [1.29, 1.82) is 0 Å². The number of hydrogen-bond donors (Lipinski definition) is 2. The Morgan fingerprint density at radius 3 is 2.53 bits per heavy atom. The summed E-state index contributed by atoms with van der Waals surface area (Å²) in [7, 11) is 0. The van der Waals surface area contributed by atoms with E-state index in [1.54, 1.807) is 0 Å². The molecule has 4 aliphatic rings. The molecule has 36 heavy (non-hydrogen) atoms. The topological polar surface area (TPSA) is 64.3 Å². The fraction of sp³-hybridized carbons (Fsp3) is 0.759. The fourth-order valence-corrected chi connectivity index (χ4v) is 9.19. The Hall–Kier alpha value is -1.92. The molecule has 0 amide bonds. The molecule has 200 valence electrons. The van der Waals surface area contributed by atoms with Crippen molar-refractivity contribution in [3.05, 3.63) is 18.2 Å². The van der Waals surface area contributed by atoms with Crippen LogP contribution < -0.4 is 15.8 Å². The molecular weight excluding hydrogens is 465 g/mol. The number of carbonyl (C=O) groups excluding carboxylic acids is 1. The van der Waals surface area contributed by atoms with Gasteiger partial charge in [-0.3, -0.25) is 4.79 Å². The van der Waals surface area contributed by atoms with Gasteiger partial charge in [0.05, 0.1) is 17.9 Å². The molecule has 4 nitrogen and oxygen atoms in total. The summed E-state index contributed by atoms with van der Waals surface area (Å²) in [6.45, 7) is 7.40. The molecule has 4 aliphatic carbocycles. The van der Waals surface area contributed by atoms with Crippen molar-refractivity contribution in [2.24, 2.45) is 46.3 Å². The highest BCUT2D eigenvalue weighted by Crippen LogP contribution is 2.67. The second kappa shape index (κ2) is 9.13. The highest BCUT2D eigenvalue weighted by molar-refractivity contribution is 5.87. The van der Waals surface area contributed by atoms with Crippen LogP contribution in [0.25, 0.3) is 0 Å². The number of Topliss-reactive ketones (excluding diaryl/α,β-unsaturated/α-hetero) is 1. The number of alkyl halides is 3. The molecule has 0 aliphatic heterocycles. The first-order valence-electron chi connectivity index (χ1n) is 13.8. The molecule has 0 aromatic heterocycles. The minimum Gasteiger partial charge on any atom is -0.406 e. The molecule has 0 heterocycles. The lowest BCUT2D eigenvalue weighted by Crippen LogP contribution is -2.53. The van der Waals surface area contributed by atoms with Crippen LogP contribution in [0.1, 0.15) is 78.6 Å². The third kappa shape index (κ3) is 4.49. The standard InChI is InChI=1S/C29H41F3N2O2/c1-17-10-12-27(2)18(14-17)4-6-20-21-7-8-23(28(21,3)13-11-22(20)27)26(35)16-34-25-15-19(5-9-24(25)33)36-29(30,31)32/h5,9,15,17-18,20-23,34H,4,6-8,10-14,16,33H2,1-3H3. The minimum atomic E-state index is -4.78. The molecule has 0 bridgehead atoms. The zero-order chi connectivity index (χ0) is 25.9.